The third-order valence-corrected chi connectivity index (χ3v) is 2.06. The number of hydrogen-bond donors (Lipinski definition) is 1. The molecule has 1 rings (SSSR count). The molecule has 0 aliphatic rings. The normalized spacial score (nSPS) is 10.5. The number of rotatable bonds is 3. The van der Waals surface area contributed by atoms with E-state index < -0.39 is 0 Å². The van der Waals surface area contributed by atoms with Crippen molar-refractivity contribution in [2.75, 3.05) is 26.5 Å². The van der Waals surface area contributed by atoms with Gasteiger partial charge in [0.15, 0.2) is 0 Å². The van der Waals surface area contributed by atoms with Gasteiger partial charge in [-0.05, 0) is 14.1 Å². The maximum Gasteiger partial charge on any atom is 0.205 e. The summed E-state index contributed by atoms with van der Waals surface area (Å²) in [6.07, 6.45) is 0. The minimum Gasteiger partial charge on any atom is -0.363 e. The van der Waals surface area contributed by atoms with Crippen LogP contribution in [-0.2, 0) is 6.54 Å². The number of nitrogens with zero attached hydrogens (tertiary/aromatic N) is 3. The maximum atomic E-state index is 3.99. The van der Waals surface area contributed by atoms with Gasteiger partial charge in [0.05, 0.1) is 6.54 Å². The first-order chi connectivity index (χ1) is 5.22. The number of aromatic nitrogens is 2. The van der Waals surface area contributed by atoms with Crippen molar-refractivity contribution in [1.82, 2.24) is 15.1 Å². The second-order valence-electron chi connectivity index (χ2n) is 2.49. The lowest BCUT2D eigenvalue weighted by Gasteiger charge is -2.03. The van der Waals surface area contributed by atoms with Crippen LogP contribution in [0.3, 0.4) is 0 Å². The first kappa shape index (κ1) is 8.42. The Morgan fingerprint density at radius 1 is 1.45 bits per heavy atom. The SMILES string of the molecule is CNc1nnc(CN(C)C)s1. The molecule has 0 aromatic carbocycles. The monoisotopic (exact) mass is 172 g/mol. The van der Waals surface area contributed by atoms with Crippen LogP contribution in [0.1, 0.15) is 5.01 Å². The lowest BCUT2D eigenvalue weighted by Crippen LogP contribution is -2.10. The zero-order valence-corrected chi connectivity index (χ0v) is 7.77. The maximum absolute atomic E-state index is 3.99. The van der Waals surface area contributed by atoms with Crippen molar-refractivity contribution < 1.29 is 0 Å². The molecular weight excluding hydrogens is 160 g/mol. The zero-order valence-electron chi connectivity index (χ0n) is 6.96. The van der Waals surface area contributed by atoms with Crippen LogP contribution < -0.4 is 5.32 Å². The van der Waals surface area contributed by atoms with Crippen LogP contribution in [0, 0.1) is 0 Å². The molecule has 0 saturated carbocycles. The molecule has 0 atom stereocenters. The Hall–Kier alpha value is -0.680. The van der Waals surface area contributed by atoms with Crippen LogP contribution in [-0.4, -0.2) is 36.2 Å². The fourth-order valence-electron chi connectivity index (χ4n) is 0.689. The van der Waals surface area contributed by atoms with Crippen LogP contribution in [0.2, 0.25) is 0 Å². The molecule has 0 aliphatic heterocycles. The van der Waals surface area contributed by atoms with E-state index in [2.05, 4.69) is 20.4 Å². The van der Waals surface area contributed by atoms with Crippen LogP contribution in [0.4, 0.5) is 5.13 Å². The highest BCUT2D eigenvalue weighted by Crippen LogP contribution is 2.14. The van der Waals surface area contributed by atoms with E-state index >= 15 is 0 Å². The van der Waals surface area contributed by atoms with Gasteiger partial charge in [0.2, 0.25) is 5.13 Å². The zero-order chi connectivity index (χ0) is 8.27. The van der Waals surface area contributed by atoms with E-state index in [1.807, 2.05) is 21.1 Å². The Morgan fingerprint density at radius 2 is 2.18 bits per heavy atom. The van der Waals surface area contributed by atoms with E-state index in [1.54, 1.807) is 11.3 Å². The molecule has 1 N–H and O–H groups in total. The van der Waals surface area contributed by atoms with E-state index in [0.717, 1.165) is 16.7 Å². The molecule has 0 aliphatic carbocycles. The summed E-state index contributed by atoms with van der Waals surface area (Å²) in [7, 11) is 5.88. The molecule has 1 heterocycles. The van der Waals surface area contributed by atoms with Gasteiger partial charge in [-0.25, -0.2) is 0 Å². The second-order valence-corrected chi connectivity index (χ2v) is 3.55. The van der Waals surface area contributed by atoms with Gasteiger partial charge >= 0.3 is 0 Å². The highest BCUT2D eigenvalue weighted by molar-refractivity contribution is 7.15. The first-order valence-electron chi connectivity index (χ1n) is 3.37. The molecule has 0 radical (unpaired) electrons. The summed E-state index contributed by atoms with van der Waals surface area (Å²) in [5, 5.41) is 12.8. The number of hydrogen-bond acceptors (Lipinski definition) is 5. The summed E-state index contributed by atoms with van der Waals surface area (Å²) in [6.45, 7) is 0.860. The molecule has 11 heavy (non-hydrogen) atoms. The topological polar surface area (TPSA) is 41.1 Å². The highest BCUT2D eigenvalue weighted by atomic mass is 32.1. The molecule has 0 amide bonds. The highest BCUT2D eigenvalue weighted by Gasteiger charge is 2.01. The fourth-order valence-corrected chi connectivity index (χ4v) is 1.50. The smallest absolute Gasteiger partial charge is 0.205 e. The van der Waals surface area contributed by atoms with E-state index in [1.165, 1.54) is 0 Å². The van der Waals surface area contributed by atoms with Crippen molar-refractivity contribution in [1.29, 1.82) is 0 Å². The van der Waals surface area contributed by atoms with E-state index in [-0.39, 0.29) is 0 Å². The van der Waals surface area contributed by atoms with Gasteiger partial charge in [0.1, 0.15) is 5.01 Å². The molecule has 1 aromatic rings. The van der Waals surface area contributed by atoms with E-state index in [9.17, 15) is 0 Å². The molecule has 4 nitrogen and oxygen atoms in total. The summed E-state index contributed by atoms with van der Waals surface area (Å²) in [4.78, 5) is 2.07. The van der Waals surface area contributed by atoms with Crippen LogP contribution in [0.15, 0.2) is 0 Å². The quantitative estimate of drug-likeness (QED) is 0.726. The first-order valence-corrected chi connectivity index (χ1v) is 4.19. The Labute approximate surface area is 70.2 Å². The molecule has 0 fully saturated rings. The van der Waals surface area contributed by atoms with Crippen molar-refractivity contribution in [3.8, 4) is 0 Å². The second kappa shape index (κ2) is 3.64. The summed E-state index contributed by atoms with van der Waals surface area (Å²) < 4.78 is 0. The van der Waals surface area contributed by atoms with Crippen LogP contribution in [0.25, 0.3) is 0 Å². The predicted molar refractivity (Wildman–Crippen MR) is 46.8 cm³/mol. The third-order valence-electron chi connectivity index (χ3n) is 1.13. The fraction of sp³-hybridized carbons (Fsp3) is 0.667. The molecule has 1 aromatic heterocycles. The standard InChI is InChI=1S/C6H12N4S/c1-7-6-9-8-5(11-6)4-10(2)3/h4H2,1-3H3,(H,7,9). The largest absolute Gasteiger partial charge is 0.363 e. The van der Waals surface area contributed by atoms with Gasteiger partial charge in [-0.15, -0.1) is 10.2 Å². The molecule has 0 spiro atoms. The Bertz CT molecular complexity index is 220. The lowest BCUT2D eigenvalue weighted by molar-refractivity contribution is 0.400. The lowest BCUT2D eigenvalue weighted by atomic mass is 10.6. The molecule has 0 saturated heterocycles. The van der Waals surface area contributed by atoms with Gasteiger partial charge in [0.25, 0.3) is 0 Å². The van der Waals surface area contributed by atoms with E-state index in [0.29, 0.717) is 0 Å². The van der Waals surface area contributed by atoms with Crippen molar-refractivity contribution in [2.24, 2.45) is 0 Å². The number of nitrogens with one attached hydrogen (secondary N) is 1. The third kappa shape index (κ3) is 2.44. The Balaban J connectivity index is 2.58. The molecule has 5 heteroatoms. The molecule has 62 valence electrons. The average Bonchev–Trinajstić information content (AvgIpc) is 2.34. The summed E-state index contributed by atoms with van der Waals surface area (Å²) in [5.41, 5.74) is 0. The summed E-state index contributed by atoms with van der Waals surface area (Å²) in [6, 6.07) is 0. The molecular formula is C6H12N4S. The minimum atomic E-state index is 0.860. The van der Waals surface area contributed by atoms with Crippen molar-refractivity contribution in [2.45, 2.75) is 6.54 Å². The Morgan fingerprint density at radius 3 is 2.64 bits per heavy atom. The van der Waals surface area contributed by atoms with Gasteiger partial charge in [0, 0.05) is 7.05 Å². The average molecular weight is 172 g/mol. The summed E-state index contributed by atoms with van der Waals surface area (Å²) >= 11 is 1.59. The van der Waals surface area contributed by atoms with Gasteiger partial charge < -0.3 is 10.2 Å². The van der Waals surface area contributed by atoms with Gasteiger partial charge in [-0.3, -0.25) is 0 Å². The number of anilines is 1. The summed E-state index contributed by atoms with van der Waals surface area (Å²) in [5.74, 6) is 0. The predicted octanol–water partition coefficient (Wildman–Crippen LogP) is 0.641. The van der Waals surface area contributed by atoms with Crippen molar-refractivity contribution in [3.05, 3.63) is 5.01 Å². The Kier molecular flexibility index (Phi) is 2.78. The minimum absolute atomic E-state index is 0.860. The van der Waals surface area contributed by atoms with Crippen molar-refractivity contribution >= 4 is 16.5 Å². The van der Waals surface area contributed by atoms with Gasteiger partial charge in [-0.1, -0.05) is 11.3 Å². The van der Waals surface area contributed by atoms with Crippen LogP contribution in [0.5, 0.6) is 0 Å². The van der Waals surface area contributed by atoms with E-state index in [4.69, 9.17) is 0 Å². The molecule has 0 unspecified atom stereocenters. The van der Waals surface area contributed by atoms with Crippen molar-refractivity contribution in [3.63, 3.8) is 0 Å². The van der Waals surface area contributed by atoms with Gasteiger partial charge in [-0.2, -0.15) is 0 Å². The molecule has 0 bridgehead atoms. The van der Waals surface area contributed by atoms with Crippen LogP contribution >= 0.6 is 11.3 Å².